The van der Waals surface area contributed by atoms with Crippen LogP contribution in [0.15, 0.2) is 18.2 Å². The lowest BCUT2D eigenvalue weighted by atomic mass is 10.1. The minimum absolute atomic E-state index is 0.181. The molecule has 0 aromatic heterocycles. The zero-order chi connectivity index (χ0) is 13.1. The van der Waals surface area contributed by atoms with Crippen LogP contribution in [0.3, 0.4) is 0 Å². The summed E-state index contributed by atoms with van der Waals surface area (Å²) in [6.45, 7) is 8.33. The number of rotatable bonds is 5. The summed E-state index contributed by atoms with van der Waals surface area (Å²) < 4.78 is 5.90. The molecule has 17 heavy (non-hydrogen) atoms. The topological polar surface area (TPSA) is 21.3 Å². The first-order chi connectivity index (χ1) is 7.89. The summed E-state index contributed by atoms with van der Waals surface area (Å²) in [5, 5.41) is 3.86. The molecule has 0 saturated carbocycles. The van der Waals surface area contributed by atoms with E-state index < -0.39 is 0 Å². The highest BCUT2D eigenvalue weighted by molar-refractivity contribution is 6.32. The van der Waals surface area contributed by atoms with Gasteiger partial charge in [-0.15, -0.1) is 0 Å². The van der Waals surface area contributed by atoms with E-state index in [0.717, 1.165) is 12.2 Å². The van der Waals surface area contributed by atoms with Crippen molar-refractivity contribution in [2.45, 2.75) is 45.8 Å². The first-order valence-electron chi connectivity index (χ1n) is 6.05. The van der Waals surface area contributed by atoms with Crippen molar-refractivity contribution in [1.29, 1.82) is 0 Å². The molecule has 3 heteroatoms. The molecular weight excluding hydrogens is 234 g/mol. The monoisotopic (exact) mass is 255 g/mol. The summed E-state index contributed by atoms with van der Waals surface area (Å²) in [5.74, 6) is 0.755. The van der Waals surface area contributed by atoms with Gasteiger partial charge >= 0.3 is 0 Å². The van der Waals surface area contributed by atoms with E-state index in [2.05, 4.69) is 33.0 Å². The van der Waals surface area contributed by atoms with Gasteiger partial charge < -0.3 is 10.1 Å². The Morgan fingerprint density at radius 1 is 1.41 bits per heavy atom. The highest BCUT2D eigenvalue weighted by atomic mass is 35.5. The number of nitrogens with one attached hydrogen (secondary N) is 1. The van der Waals surface area contributed by atoms with Crippen LogP contribution in [0.1, 0.15) is 45.7 Å². The molecule has 0 heterocycles. The molecule has 1 atom stereocenters. The quantitative estimate of drug-likeness (QED) is 0.852. The molecule has 1 aromatic carbocycles. The van der Waals surface area contributed by atoms with Gasteiger partial charge in [-0.2, -0.15) is 0 Å². The summed E-state index contributed by atoms with van der Waals surface area (Å²) in [4.78, 5) is 0. The third-order valence-corrected chi connectivity index (χ3v) is 3.42. The largest absolute Gasteiger partial charge is 0.486 e. The summed E-state index contributed by atoms with van der Waals surface area (Å²) in [5.41, 5.74) is 0.985. The van der Waals surface area contributed by atoms with Gasteiger partial charge in [0.05, 0.1) is 5.02 Å². The van der Waals surface area contributed by atoms with Crippen LogP contribution >= 0.6 is 11.6 Å². The van der Waals surface area contributed by atoms with Crippen LogP contribution in [0.2, 0.25) is 5.02 Å². The maximum Gasteiger partial charge on any atom is 0.138 e. The Balaban J connectivity index is 2.90. The van der Waals surface area contributed by atoms with Crippen LogP contribution in [0.25, 0.3) is 0 Å². The fourth-order valence-electron chi connectivity index (χ4n) is 1.41. The number of hydrogen-bond acceptors (Lipinski definition) is 2. The van der Waals surface area contributed by atoms with Crippen molar-refractivity contribution in [2.24, 2.45) is 0 Å². The third-order valence-electron chi connectivity index (χ3n) is 3.13. The van der Waals surface area contributed by atoms with Gasteiger partial charge in [-0.3, -0.25) is 0 Å². The van der Waals surface area contributed by atoms with Crippen molar-refractivity contribution >= 4 is 11.6 Å². The van der Waals surface area contributed by atoms with E-state index >= 15 is 0 Å². The Morgan fingerprint density at radius 3 is 2.53 bits per heavy atom. The second-order valence-electron chi connectivity index (χ2n) is 4.92. The van der Waals surface area contributed by atoms with Gasteiger partial charge in [0.15, 0.2) is 0 Å². The lowest BCUT2D eigenvalue weighted by Crippen LogP contribution is -2.27. The number of benzene rings is 1. The zero-order valence-corrected chi connectivity index (χ0v) is 12.1. The molecule has 0 fully saturated rings. The average molecular weight is 256 g/mol. The fraction of sp³-hybridized carbons (Fsp3) is 0.571. The van der Waals surface area contributed by atoms with Crippen molar-refractivity contribution in [1.82, 2.24) is 5.32 Å². The highest BCUT2D eigenvalue weighted by Crippen LogP contribution is 2.31. The molecular formula is C14H22ClNO. The Morgan fingerprint density at radius 2 is 2.06 bits per heavy atom. The van der Waals surface area contributed by atoms with E-state index in [1.807, 2.05) is 25.2 Å². The van der Waals surface area contributed by atoms with Crippen molar-refractivity contribution in [3.8, 4) is 5.75 Å². The maximum absolute atomic E-state index is 6.24. The highest BCUT2D eigenvalue weighted by Gasteiger charge is 2.18. The molecule has 1 unspecified atom stereocenters. The summed E-state index contributed by atoms with van der Waals surface area (Å²) in [6.07, 6.45) is 0.942. The van der Waals surface area contributed by atoms with Crippen molar-refractivity contribution in [3.05, 3.63) is 28.8 Å². The van der Waals surface area contributed by atoms with Crippen molar-refractivity contribution in [2.75, 3.05) is 7.05 Å². The van der Waals surface area contributed by atoms with E-state index in [0.29, 0.717) is 11.1 Å². The van der Waals surface area contributed by atoms with Crippen LogP contribution in [0.4, 0.5) is 0 Å². The average Bonchev–Trinajstić information content (AvgIpc) is 2.30. The molecule has 1 N–H and O–H groups in total. The Kier molecular flexibility index (Phi) is 4.84. The molecule has 0 spiro atoms. The molecule has 1 rings (SSSR count). The molecule has 0 aliphatic rings. The van der Waals surface area contributed by atoms with Gasteiger partial charge in [0.25, 0.3) is 0 Å². The SMILES string of the molecule is CCC(C)(C)Oc1ccc(C(C)NC)cc1Cl. The van der Waals surface area contributed by atoms with E-state index in [4.69, 9.17) is 16.3 Å². The molecule has 0 amide bonds. The molecule has 96 valence electrons. The lowest BCUT2D eigenvalue weighted by molar-refractivity contribution is 0.105. The van der Waals surface area contributed by atoms with Gasteiger partial charge in [0.1, 0.15) is 11.4 Å². The minimum atomic E-state index is -0.181. The van der Waals surface area contributed by atoms with Crippen LogP contribution < -0.4 is 10.1 Å². The Hall–Kier alpha value is -0.730. The second kappa shape index (κ2) is 5.74. The first-order valence-corrected chi connectivity index (χ1v) is 6.43. The molecule has 0 aliphatic carbocycles. The van der Waals surface area contributed by atoms with Gasteiger partial charge in [-0.1, -0.05) is 24.6 Å². The maximum atomic E-state index is 6.24. The Labute approximate surface area is 109 Å². The molecule has 0 saturated heterocycles. The van der Waals surface area contributed by atoms with Gasteiger partial charge in [-0.05, 0) is 51.9 Å². The number of hydrogen-bond donors (Lipinski definition) is 1. The fourth-order valence-corrected chi connectivity index (χ4v) is 1.63. The second-order valence-corrected chi connectivity index (χ2v) is 5.32. The van der Waals surface area contributed by atoms with Crippen LogP contribution in [-0.2, 0) is 0 Å². The van der Waals surface area contributed by atoms with E-state index in [-0.39, 0.29) is 5.60 Å². The predicted molar refractivity (Wildman–Crippen MR) is 73.9 cm³/mol. The first kappa shape index (κ1) is 14.3. The Bertz CT molecular complexity index is 376. The van der Waals surface area contributed by atoms with E-state index in [9.17, 15) is 0 Å². The van der Waals surface area contributed by atoms with Crippen LogP contribution in [-0.4, -0.2) is 12.6 Å². The van der Waals surface area contributed by atoms with Gasteiger partial charge in [0.2, 0.25) is 0 Å². The number of ether oxygens (including phenoxy) is 1. The van der Waals surface area contributed by atoms with E-state index in [1.165, 1.54) is 5.56 Å². The number of halogens is 1. The molecule has 1 aromatic rings. The zero-order valence-electron chi connectivity index (χ0n) is 11.3. The van der Waals surface area contributed by atoms with Crippen LogP contribution in [0.5, 0.6) is 5.75 Å². The molecule has 0 bridgehead atoms. The summed E-state index contributed by atoms with van der Waals surface area (Å²) in [7, 11) is 1.93. The smallest absolute Gasteiger partial charge is 0.138 e. The molecule has 2 nitrogen and oxygen atoms in total. The van der Waals surface area contributed by atoms with Crippen LogP contribution in [0, 0.1) is 0 Å². The van der Waals surface area contributed by atoms with E-state index in [1.54, 1.807) is 0 Å². The summed E-state index contributed by atoms with van der Waals surface area (Å²) in [6, 6.07) is 6.25. The summed E-state index contributed by atoms with van der Waals surface area (Å²) >= 11 is 6.24. The van der Waals surface area contributed by atoms with Gasteiger partial charge in [0, 0.05) is 6.04 Å². The minimum Gasteiger partial charge on any atom is -0.486 e. The normalized spacial score (nSPS) is 13.5. The molecule has 0 radical (unpaired) electrons. The lowest BCUT2D eigenvalue weighted by Gasteiger charge is -2.26. The van der Waals surface area contributed by atoms with Crippen molar-refractivity contribution in [3.63, 3.8) is 0 Å². The third kappa shape index (κ3) is 3.90. The molecule has 0 aliphatic heterocycles. The van der Waals surface area contributed by atoms with Gasteiger partial charge in [-0.25, -0.2) is 0 Å². The predicted octanol–water partition coefficient (Wildman–Crippen LogP) is 4.19. The standard InChI is InChI=1S/C14H22ClNO/c1-6-14(3,4)17-13-8-7-11(9-12(13)15)10(2)16-5/h7-10,16H,6H2,1-5H3. The van der Waals surface area contributed by atoms with Crippen molar-refractivity contribution < 1.29 is 4.74 Å².